The summed E-state index contributed by atoms with van der Waals surface area (Å²) in [5.74, 6) is 1.11. The van der Waals surface area contributed by atoms with Crippen molar-refractivity contribution in [3.63, 3.8) is 0 Å². The van der Waals surface area contributed by atoms with Gasteiger partial charge in [0.25, 0.3) is 0 Å². The summed E-state index contributed by atoms with van der Waals surface area (Å²) in [5.41, 5.74) is 3.66. The third-order valence-electron chi connectivity index (χ3n) is 7.14. The number of fused-ring (bicyclic) bond motifs is 3. The number of halogens is 1. The zero-order chi connectivity index (χ0) is 21.9. The van der Waals surface area contributed by atoms with Gasteiger partial charge >= 0.3 is 0 Å². The maximum Gasteiger partial charge on any atom is 0.165 e. The second-order valence-corrected chi connectivity index (χ2v) is 9.05. The molecule has 2 aromatic rings. The number of nitrogens with zero attached hydrogens (tertiary/aromatic N) is 2. The maximum atomic E-state index is 14.5. The Morgan fingerprint density at radius 2 is 1.94 bits per heavy atom. The lowest BCUT2D eigenvalue weighted by Crippen LogP contribution is -2.37. The zero-order valence-electron chi connectivity index (χ0n) is 18.9. The van der Waals surface area contributed by atoms with Gasteiger partial charge in [-0.1, -0.05) is 12.1 Å². The van der Waals surface area contributed by atoms with Crippen LogP contribution in [0.1, 0.15) is 47.9 Å². The van der Waals surface area contributed by atoms with E-state index in [0.717, 1.165) is 70.3 Å². The number of rotatable bonds is 7. The van der Waals surface area contributed by atoms with Gasteiger partial charge in [0.2, 0.25) is 0 Å². The molecular weight excluding hydrogens is 407 g/mol. The predicted molar refractivity (Wildman–Crippen MR) is 122 cm³/mol. The first kappa shape index (κ1) is 21.7. The average Bonchev–Trinajstić information content (AvgIpc) is 3.31. The lowest BCUT2D eigenvalue weighted by molar-refractivity contribution is 0.0358. The molecule has 0 aliphatic carbocycles. The normalized spacial score (nSPS) is 23.6. The summed E-state index contributed by atoms with van der Waals surface area (Å²) >= 11 is 0. The lowest BCUT2D eigenvalue weighted by atomic mass is 9.81. The number of ether oxygens (including phenoxy) is 3. The van der Waals surface area contributed by atoms with Crippen LogP contribution in [0.25, 0.3) is 0 Å². The van der Waals surface area contributed by atoms with Gasteiger partial charge in [0.05, 0.1) is 26.9 Å². The molecule has 0 spiro atoms. The summed E-state index contributed by atoms with van der Waals surface area (Å²) in [6.07, 6.45) is 3.40. The Bertz CT molecular complexity index is 931. The first-order chi connectivity index (χ1) is 15.7. The molecule has 2 aromatic carbocycles. The molecule has 172 valence electrons. The molecule has 32 heavy (non-hydrogen) atoms. The van der Waals surface area contributed by atoms with Crippen LogP contribution in [0.2, 0.25) is 0 Å². The fourth-order valence-corrected chi connectivity index (χ4v) is 5.47. The Hall–Kier alpha value is -2.15. The summed E-state index contributed by atoms with van der Waals surface area (Å²) in [7, 11) is 1.51. The van der Waals surface area contributed by atoms with Crippen molar-refractivity contribution in [3.05, 3.63) is 58.9 Å². The van der Waals surface area contributed by atoms with Gasteiger partial charge in [-0.3, -0.25) is 9.80 Å². The molecule has 3 aliphatic rings. The number of hydrogen-bond donors (Lipinski definition) is 0. The highest BCUT2D eigenvalue weighted by molar-refractivity contribution is 5.47. The second-order valence-electron chi connectivity index (χ2n) is 9.05. The van der Waals surface area contributed by atoms with E-state index in [1.54, 1.807) is 12.1 Å². The van der Waals surface area contributed by atoms with Gasteiger partial charge in [-0.05, 0) is 66.8 Å². The maximum absolute atomic E-state index is 14.5. The van der Waals surface area contributed by atoms with E-state index in [2.05, 4.69) is 28.0 Å². The van der Waals surface area contributed by atoms with Crippen LogP contribution in [-0.4, -0.2) is 69.5 Å². The minimum atomic E-state index is -0.296. The molecule has 5 nitrogen and oxygen atoms in total. The Kier molecular flexibility index (Phi) is 6.62. The minimum Gasteiger partial charge on any atom is -0.494 e. The summed E-state index contributed by atoms with van der Waals surface area (Å²) in [4.78, 5) is 4.99. The topological polar surface area (TPSA) is 34.2 Å². The van der Waals surface area contributed by atoms with E-state index in [1.807, 2.05) is 6.07 Å². The number of morpholine rings is 1. The molecule has 3 heterocycles. The van der Waals surface area contributed by atoms with Crippen molar-refractivity contribution < 1.29 is 18.6 Å². The molecule has 2 atom stereocenters. The van der Waals surface area contributed by atoms with Crippen LogP contribution >= 0.6 is 0 Å². The van der Waals surface area contributed by atoms with Gasteiger partial charge in [0.1, 0.15) is 5.75 Å². The summed E-state index contributed by atoms with van der Waals surface area (Å²) < 4.78 is 31.1. The fourth-order valence-electron chi connectivity index (χ4n) is 5.47. The smallest absolute Gasteiger partial charge is 0.165 e. The Morgan fingerprint density at radius 1 is 1.06 bits per heavy atom. The Balaban J connectivity index is 1.31. The first-order valence-electron chi connectivity index (χ1n) is 11.9. The van der Waals surface area contributed by atoms with Gasteiger partial charge in [0.15, 0.2) is 11.6 Å². The van der Waals surface area contributed by atoms with Crippen molar-refractivity contribution in [2.24, 2.45) is 0 Å². The number of methoxy groups -OCH3 is 1. The van der Waals surface area contributed by atoms with Gasteiger partial charge < -0.3 is 14.2 Å². The third kappa shape index (κ3) is 4.49. The van der Waals surface area contributed by atoms with Crippen molar-refractivity contribution >= 4 is 0 Å². The van der Waals surface area contributed by atoms with Gasteiger partial charge in [-0.25, -0.2) is 4.39 Å². The van der Waals surface area contributed by atoms with E-state index in [9.17, 15) is 4.39 Å². The summed E-state index contributed by atoms with van der Waals surface area (Å²) in [6.45, 7) is 7.51. The first-order valence-corrected chi connectivity index (χ1v) is 11.9. The van der Waals surface area contributed by atoms with E-state index < -0.39 is 0 Å². The third-order valence-corrected chi connectivity index (χ3v) is 7.14. The van der Waals surface area contributed by atoms with Gasteiger partial charge in [0, 0.05) is 38.1 Å². The average molecular weight is 441 g/mol. The van der Waals surface area contributed by atoms with Crippen LogP contribution in [0.4, 0.5) is 4.39 Å². The van der Waals surface area contributed by atoms with Crippen LogP contribution in [0, 0.1) is 5.82 Å². The molecule has 0 aromatic heterocycles. The van der Waals surface area contributed by atoms with Crippen LogP contribution < -0.4 is 9.47 Å². The quantitative estimate of drug-likeness (QED) is 0.603. The molecule has 2 saturated heterocycles. The molecule has 3 aliphatic heterocycles. The predicted octanol–water partition coefficient (Wildman–Crippen LogP) is 4.22. The highest BCUT2D eigenvalue weighted by atomic mass is 19.1. The summed E-state index contributed by atoms with van der Waals surface area (Å²) in [5, 5.41) is 0. The van der Waals surface area contributed by atoms with E-state index in [1.165, 1.54) is 31.1 Å². The van der Waals surface area contributed by atoms with Gasteiger partial charge in [-0.2, -0.15) is 0 Å². The van der Waals surface area contributed by atoms with Crippen LogP contribution in [0.3, 0.4) is 0 Å². The lowest BCUT2D eigenvalue weighted by Gasteiger charge is -2.37. The molecule has 0 N–H and O–H groups in total. The molecule has 2 fully saturated rings. The van der Waals surface area contributed by atoms with Crippen molar-refractivity contribution in [1.82, 2.24) is 9.80 Å². The van der Waals surface area contributed by atoms with Crippen LogP contribution in [-0.2, 0) is 4.74 Å². The molecule has 0 unspecified atom stereocenters. The molecule has 0 bridgehead atoms. The largest absolute Gasteiger partial charge is 0.494 e. The molecule has 0 radical (unpaired) electrons. The second kappa shape index (κ2) is 9.77. The summed E-state index contributed by atoms with van der Waals surface area (Å²) in [6, 6.07) is 12.4. The number of hydrogen-bond acceptors (Lipinski definition) is 5. The standard InChI is InChI=1S/C26H33FN2O3/c1-30-26-8-5-19(16-24(26)27)23-18-29-10-2-4-25(29)22-17-20(6-7-21(22)23)32-13-3-9-28-11-14-31-15-12-28/h5-8,16-17,23,25H,2-4,9-15,18H2,1H3/t23-,25-/m0/s1. The molecule has 6 heteroatoms. The highest BCUT2D eigenvalue weighted by Gasteiger charge is 2.37. The van der Waals surface area contributed by atoms with Crippen LogP contribution in [0.15, 0.2) is 36.4 Å². The van der Waals surface area contributed by atoms with Crippen LogP contribution in [0.5, 0.6) is 11.5 Å². The minimum absolute atomic E-state index is 0.162. The van der Waals surface area contributed by atoms with Gasteiger partial charge in [-0.15, -0.1) is 0 Å². The van der Waals surface area contributed by atoms with E-state index >= 15 is 0 Å². The fraction of sp³-hybridized carbons (Fsp3) is 0.538. The Morgan fingerprint density at radius 3 is 2.75 bits per heavy atom. The van der Waals surface area contributed by atoms with Crippen molar-refractivity contribution in [3.8, 4) is 11.5 Å². The van der Waals surface area contributed by atoms with Crippen molar-refractivity contribution in [2.75, 3.05) is 59.7 Å². The van der Waals surface area contributed by atoms with E-state index in [4.69, 9.17) is 14.2 Å². The zero-order valence-corrected chi connectivity index (χ0v) is 18.9. The highest BCUT2D eigenvalue weighted by Crippen LogP contribution is 2.45. The van der Waals surface area contributed by atoms with Crippen molar-refractivity contribution in [1.29, 1.82) is 0 Å². The molecule has 0 amide bonds. The SMILES string of the molecule is COc1ccc([C@@H]2CN3CCC[C@H]3c3cc(OCCCN4CCOCC4)ccc32)cc1F. The number of benzene rings is 2. The monoisotopic (exact) mass is 440 g/mol. The van der Waals surface area contributed by atoms with E-state index in [-0.39, 0.29) is 11.7 Å². The molecule has 5 rings (SSSR count). The molecule has 0 saturated carbocycles. The molecular formula is C26H33FN2O3. The Labute approximate surface area is 190 Å². The van der Waals surface area contributed by atoms with E-state index in [0.29, 0.717) is 11.8 Å². The van der Waals surface area contributed by atoms with Crippen molar-refractivity contribution in [2.45, 2.75) is 31.2 Å².